The molecule has 0 saturated heterocycles. The Bertz CT molecular complexity index is 865. The molecule has 4 nitrogen and oxygen atoms in total. The molecule has 25 heavy (non-hydrogen) atoms. The van der Waals surface area contributed by atoms with Crippen molar-refractivity contribution in [3.63, 3.8) is 0 Å². The lowest BCUT2D eigenvalue weighted by Crippen LogP contribution is -2.54. The van der Waals surface area contributed by atoms with Gasteiger partial charge in [0.2, 0.25) is 5.70 Å². The van der Waals surface area contributed by atoms with Crippen LogP contribution in [0, 0.1) is 40.1 Å². The van der Waals surface area contributed by atoms with Gasteiger partial charge in [-0.3, -0.25) is 4.79 Å². The molecule has 0 aromatic heterocycles. The fraction of sp³-hybridized carbons (Fsp3) is 0.500. The number of nitrogens with zero attached hydrogens (tertiary/aromatic N) is 2. The zero-order valence-electron chi connectivity index (χ0n) is 14.5. The molecule has 0 amide bonds. The van der Waals surface area contributed by atoms with Crippen molar-refractivity contribution >= 4 is 11.6 Å². The second-order valence-electron chi connectivity index (χ2n) is 7.95. The van der Waals surface area contributed by atoms with Crippen LogP contribution in [0.15, 0.2) is 35.1 Å². The standard InChI is InChI=1S/C20H19FN2O2/c1-18(2)15-5-6-20(11-21)8-12(10-22)14(24)7-16(20)19(15,3)9-13(23-4)17(18)25/h7-9,15H,5-6,11H2,1-3H3/t15-,19-,20-/m0/s1. The number of rotatable bonds is 1. The minimum atomic E-state index is -1.01. The molecule has 1 saturated carbocycles. The number of ketones is 2. The maximum atomic E-state index is 14.2. The van der Waals surface area contributed by atoms with E-state index < -0.39 is 28.7 Å². The Morgan fingerprint density at radius 1 is 1.36 bits per heavy atom. The van der Waals surface area contributed by atoms with Crippen LogP contribution in [0.5, 0.6) is 0 Å². The zero-order valence-corrected chi connectivity index (χ0v) is 14.5. The lowest BCUT2D eigenvalue weighted by atomic mass is 9.46. The van der Waals surface area contributed by atoms with Crippen molar-refractivity contribution in [2.45, 2.75) is 33.6 Å². The highest BCUT2D eigenvalue weighted by Crippen LogP contribution is 2.63. The number of Topliss-reactive ketones (excluding diaryl/α,β-unsaturated/α-hetero) is 1. The molecule has 0 radical (unpaired) electrons. The predicted octanol–water partition coefficient (Wildman–Crippen LogP) is 3.73. The van der Waals surface area contributed by atoms with E-state index in [9.17, 15) is 14.0 Å². The molecule has 0 bridgehead atoms. The second-order valence-corrected chi connectivity index (χ2v) is 7.95. The van der Waals surface area contributed by atoms with Gasteiger partial charge in [0, 0.05) is 16.2 Å². The van der Waals surface area contributed by atoms with Gasteiger partial charge in [-0.15, -0.1) is 0 Å². The quantitative estimate of drug-likeness (QED) is 0.684. The highest BCUT2D eigenvalue weighted by Gasteiger charge is 2.59. The topological polar surface area (TPSA) is 62.3 Å². The summed E-state index contributed by atoms with van der Waals surface area (Å²) in [5.41, 5.74) is -1.95. The molecule has 1 fully saturated rings. The molecule has 0 aromatic rings. The van der Waals surface area contributed by atoms with E-state index in [0.29, 0.717) is 18.4 Å². The number of halogens is 1. The highest BCUT2D eigenvalue weighted by atomic mass is 19.1. The molecular weight excluding hydrogens is 319 g/mol. The van der Waals surface area contributed by atoms with Crippen LogP contribution in [0.3, 0.4) is 0 Å². The predicted molar refractivity (Wildman–Crippen MR) is 89.5 cm³/mol. The van der Waals surface area contributed by atoms with Crippen LogP contribution in [0.2, 0.25) is 0 Å². The Kier molecular flexibility index (Phi) is 3.62. The third kappa shape index (κ3) is 2.09. The van der Waals surface area contributed by atoms with Gasteiger partial charge in [0.15, 0.2) is 11.6 Å². The SMILES string of the molecule is [C-]#[N+]C1=C[C@]2(C)C3=CC(=O)C(C#N)=C[C@]3(CF)CC[C@H]2C(C)(C)C1=O. The van der Waals surface area contributed by atoms with Crippen molar-refractivity contribution in [3.05, 3.63) is 46.5 Å². The lowest BCUT2D eigenvalue weighted by molar-refractivity contribution is -0.130. The summed E-state index contributed by atoms with van der Waals surface area (Å²) in [4.78, 5) is 28.3. The fourth-order valence-corrected chi connectivity index (χ4v) is 5.04. The Hall–Kier alpha value is -2.53. The maximum absolute atomic E-state index is 14.2. The van der Waals surface area contributed by atoms with Crippen LogP contribution < -0.4 is 0 Å². The second kappa shape index (κ2) is 5.23. The van der Waals surface area contributed by atoms with Crippen molar-refractivity contribution in [2.24, 2.45) is 22.2 Å². The summed E-state index contributed by atoms with van der Waals surface area (Å²) in [6.07, 6.45) is 5.47. The van der Waals surface area contributed by atoms with Crippen molar-refractivity contribution in [3.8, 4) is 6.07 Å². The number of carbonyl (C=O) groups is 2. The first-order chi connectivity index (χ1) is 11.7. The van der Waals surface area contributed by atoms with Gasteiger partial charge in [0.1, 0.15) is 12.7 Å². The van der Waals surface area contributed by atoms with Crippen LogP contribution >= 0.6 is 0 Å². The van der Waals surface area contributed by atoms with Crippen LogP contribution in [0.1, 0.15) is 33.6 Å². The van der Waals surface area contributed by atoms with E-state index in [1.807, 2.05) is 26.8 Å². The summed E-state index contributed by atoms with van der Waals surface area (Å²) in [5, 5.41) is 9.17. The van der Waals surface area contributed by atoms with Crippen LogP contribution in [-0.2, 0) is 9.59 Å². The van der Waals surface area contributed by atoms with Gasteiger partial charge in [0.25, 0.3) is 0 Å². The van der Waals surface area contributed by atoms with Gasteiger partial charge >= 0.3 is 0 Å². The molecule has 0 aromatic carbocycles. The van der Waals surface area contributed by atoms with Crippen molar-refractivity contribution in [2.75, 3.05) is 6.67 Å². The normalized spacial score (nSPS) is 36.1. The van der Waals surface area contributed by atoms with Crippen molar-refractivity contribution < 1.29 is 14.0 Å². The molecule has 3 rings (SSSR count). The summed E-state index contributed by atoms with van der Waals surface area (Å²) < 4.78 is 14.2. The first-order valence-corrected chi connectivity index (χ1v) is 8.27. The van der Waals surface area contributed by atoms with Crippen LogP contribution in [0.25, 0.3) is 4.85 Å². The number of fused-ring (bicyclic) bond motifs is 3. The number of alkyl halides is 1. The van der Waals surface area contributed by atoms with E-state index in [4.69, 9.17) is 11.8 Å². The largest absolute Gasteiger partial charge is 0.307 e. The molecule has 0 aliphatic heterocycles. The average Bonchev–Trinajstić information content (AvgIpc) is 2.58. The Morgan fingerprint density at radius 3 is 2.60 bits per heavy atom. The van der Waals surface area contributed by atoms with E-state index in [1.54, 1.807) is 6.08 Å². The van der Waals surface area contributed by atoms with Crippen molar-refractivity contribution in [1.29, 1.82) is 5.26 Å². The first-order valence-electron chi connectivity index (χ1n) is 8.27. The molecule has 3 atom stereocenters. The number of carbonyl (C=O) groups excluding carboxylic acids is 2. The van der Waals surface area contributed by atoms with Crippen molar-refractivity contribution in [1.82, 2.24) is 0 Å². The Balaban J connectivity index is 2.28. The summed E-state index contributed by atoms with van der Waals surface area (Å²) >= 11 is 0. The molecule has 0 N–H and O–H groups in total. The molecular formula is C20H19FN2O2. The van der Waals surface area contributed by atoms with Gasteiger partial charge in [-0.2, -0.15) is 5.26 Å². The molecule has 3 aliphatic carbocycles. The number of hydrogen-bond donors (Lipinski definition) is 0. The smallest absolute Gasteiger partial charge is 0.226 e. The maximum Gasteiger partial charge on any atom is 0.226 e. The number of allylic oxidation sites excluding steroid dienone is 6. The molecule has 3 aliphatic rings. The zero-order chi connectivity index (χ0) is 18.6. The third-order valence-corrected chi connectivity index (χ3v) is 6.29. The van der Waals surface area contributed by atoms with Crippen LogP contribution in [0.4, 0.5) is 4.39 Å². The van der Waals surface area contributed by atoms with Gasteiger partial charge in [0.05, 0.1) is 12.1 Å². The fourth-order valence-electron chi connectivity index (χ4n) is 5.04. The van der Waals surface area contributed by atoms with Gasteiger partial charge < -0.3 is 4.79 Å². The van der Waals surface area contributed by atoms with E-state index in [0.717, 1.165) is 0 Å². The molecule has 5 heteroatoms. The van der Waals surface area contributed by atoms with E-state index in [2.05, 4.69) is 4.85 Å². The van der Waals surface area contributed by atoms with Gasteiger partial charge in [-0.25, -0.2) is 9.24 Å². The Morgan fingerprint density at radius 2 is 2.04 bits per heavy atom. The van der Waals surface area contributed by atoms with Crippen LogP contribution in [-0.4, -0.2) is 18.2 Å². The minimum absolute atomic E-state index is 0.0380. The molecule has 128 valence electrons. The average molecular weight is 338 g/mol. The lowest BCUT2D eigenvalue weighted by Gasteiger charge is -2.57. The molecule has 0 heterocycles. The number of hydrogen-bond acceptors (Lipinski definition) is 3. The summed E-state index contributed by atoms with van der Waals surface area (Å²) in [6.45, 7) is 12.2. The van der Waals surface area contributed by atoms with E-state index in [1.165, 1.54) is 12.2 Å². The first kappa shape index (κ1) is 17.3. The minimum Gasteiger partial charge on any atom is -0.307 e. The highest BCUT2D eigenvalue weighted by molar-refractivity contribution is 6.09. The monoisotopic (exact) mass is 338 g/mol. The Labute approximate surface area is 146 Å². The molecule has 0 spiro atoms. The third-order valence-electron chi connectivity index (χ3n) is 6.29. The summed E-state index contributed by atoms with van der Waals surface area (Å²) in [5.74, 6) is -0.765. The summed E-state index contributed by atoms with van der Waals surface area (Å²) in [6, 6.07) is 1.86. The van der Waals surface area contributed by atoms with Gasteiger partial charge in [-0.05, 0) is 36.5 Å². The summed E-state index contributed by atoms with van der Waals surface area (Å²) in [7, 11) is 0. The molecule has 0 unspecified atom stereocenters. The van der Waals surface area contributed by atoms with E-state index >= 15 is 0 Å². The number of nitriles is 1. The van der Waals surface area contributed by atoms with E-state index in [-0.39, 0.29) is 23.0 Å². The van der Waals surface area contributed by atoms with Gasteiger partial charge in [-0.1, -0.05) is 26.8 Å².